The van der Waals surface area contributed by atoms with Crippen LogP contribution in [0.5, 0.6) is 5.75 Å². The number of hydrogen-bond acceptors (Lipinski definition) is 3. The van der Waals surface area contributed by atoms with Gasteiger partial charge < -0.3 is 14.7 Å². The molecule has 0 aliphatic rings. The fraction of sp³-hybridized carbons (Fsp3) is 0.462. The zero-order chi connectivity index (χ0) is 13.4. The van der Waals surface area contributed by atoms with Gasteiger partial charge in [-0.15, -0.1) is 11.6 Å². The van der Waals surface area contributed by atoms with Gasteiger partial charge in [-0.05, 0) is 17.7 Å². The van der Waals surface area contributed by atoms with E-state index in [9.17, 15) is 9.90 Å². The van der Waals surface area contributed by atoms with Crippen LogP contribution in [0.2, 0.25) is 0 Å². The van der Waals surface area contributed by atoms with Crippen LogP contribution in [0.1, 0.15) is 5.56 Å². The number of hydrogen-bond donors (Lipinski definition) is 1. The molecule has 0 aromatic heterocycles. The van der Waals surface area contributed by atoms with Gasteiger partial charge in [-0.2, -0.15) is 0 Å². The fourth-order valence-electron chi connectivity index (χ4n) is 1.62. The Hall–Kier alpha value is -1.26. The maximum atomic E-state index is 12.0. The van der Waals surface area contributed by atoms with Crippen LogP contribution in [0.25, 0.3) is 0 Å². The molecular weight excluding hydrogens is 254 g/mol. The summed E-state index contributed by atoms with van der Waals surface area (Å²) in [5.41, 5.74) is 0.789. The summed E-state index contributed by atoms with van der Waals surface area (Å²) in [4.78, 5) is 13.7. The van der Waals surface area contributed by atoms with Gasteiger partial charge in [0, 0.05) is 26.1 Å². The molecule has 0 atom stereocenters. The summed E-state index contributed by atoms with van der Waals surface area (Å²) in [6, 6.07) is 6.70. The molecule has 4 nitrogen and oxygen atoms in total. The average molecular weight is 272 g/mol. The zero-order valence-electron chi connectivity index (χ0n) is 10.4. The molecule has 100 valence electrons. The molecule has 0 bridgehead atoms. The van der Waals surface area contributed by atoms with Crippen LogP contribution in [0.3, 0.4) is 0 Å². The number of rotatable bonds is 7. The first-order chi connectivity index (χ1) is 8.67. The number of phenolic OH excluding ortho intramolecular Hbond substituents is 1. The van der Waals surface area contributed by atoms with E-state index in [1.807, 2.05) is 6.07 Å². The molecule has 5 heteroatoms. The second-order valence-electron chi connectivity index (χ2n) is 3.91. The molecule has 1 N–H and O–H groups in total. The lowest BCUT2D eigenvalue weighted by molar-refractivity contribution is -0.130. The van der Waals surface area contributed by atoms with Crippen LogP contribution in [-0.4, -0.2) is 48.6 Å². The lowest BCUT2D eigenvalue weighted by atomic mass is 10.1. The van der Waals surface area contributed by atoms with Crippen molar-refractivity contribution in [2.24, 2.45) is 0 Å². The van der Waals surface area contributed by atoms with Crippen LogP contribution in [-0.2, 0) is 16.0 Å². The number of carbonyl (C=O) groups excluding carboxylic acids is 1. The van der Waals surface area contributed by atoms with Crippen molar-refractivity contribution in [3.05, 3.63) is 29.8 Å². The molecule has 0 unspecified atom stereocenters. The third kappa shape index (κ3) is 4.94. The number of ether oxygens (including phenoxy) is 1. The molecule has 0 saturated carbocycles. The van der Waals surface area contributed by atoms with E-state index < -0.39 is 0 Å². The van der Waals surface area contributed by atoms with Gasteiger partial charge in [0.2, 0.25) is 5.91 Å². The van der Waals surface area contributed by atoms with Crippen molar-refractivity contribution in [2.45, 2.75) is 6.42 Å². The number of alkyl halides is 1. The second kappa shape index (κ2) is 7.95. The Labute approximate surface area is 112 Å². The van der Waals surface area contributed by atoms with Crippen LogP contribution >= 0.6 is 11.6 Å². The molecule has 0 spiro atoms. The summed E-state index contributed by atoms with van der Waals surface area (Å²) in [5, 5.41) is 9.34. The number of methoxy groups -OCH3 is 1. The van der Waals surface area contributed by atoms with Gasteiger partial charge in [0.15, 0.2) is 0 Å². The first kappa shape index (κ1) is 14.8. The molecule has 0 fully saturated rings. The maximum absolute atomic E-state index is 12.0. The lowest BCUT2D eigenvalue weighted by Gasteiger charge is -2.21. The third-order valence-electron chi connectivity index (χ3n) is 2.54. The van der Waals surface area contributed by atoms with Gasteiger partial charge in [0.05, 0.1) is 13.0 Å². The van der Waals surface area contributed by atoms with Crippen molar-refractivity contribution in [2.75, 3.05) is 32.7 Å². The SMILES string of the molecule is COCCN(CCCl)C(=O)Cc1cccc(O)c1. The standard InChI is InChI=1S/C13H18ClNO3/c1-18-8-7-15(6-5-14)13(17)10-11-3-2-4-12(16)9-11/h2-4,9,16H,5-8,10H2,1H3. The van der Waals surface area contributed by atoms with Crippen molar-refractivity contribution < 1.29 is 14.6 Å². The van der Waals surface area contributed by atoms with E-state index in [4.69, 9.17) is 16.3 Å². The number of nitrogens with zero attached hydrogens (tertiary/aromatic N) is 1. The monoisotopic (exact) mass is 271 g/mol. The third-order valence-corrected chi connectivity index (χ3v) is 2.71. The highest BCUT2D eigenvalue weighted by atomic mass is 35.5. The summed E-state index contributed by atoms with van der Waals surface area (Å²) in [6.07, 6.45) is 0.259. The predicted octanol–water partition coefficient (Wildman–Crippen LogP) is 1.65. The Morgan fingerprint density at radius 1 is 1.44 bits per heavy atom. The van der Waals surface area contributed by atoms with E-state index in [1.165, 1.54) is 0 Å². The van der Waals surface area contributed by atoms with Gasteiger partial charge in [-0.25, -0.2) is 0 Å². The molecule has 0 radical (unpaired) electrons. The molecule has 1 amide bonds. The number of phenols is 1. The van der Waals surface area contributed by atoms with Crippen molar-refractivity contribution in [1.82, 2.24) is 4.90 Å². The minimum Gasteiger partial charge on any atom is -0.508 e. The average Bonchev–Trinajstić information content (AvgIpc) is 2.34. The van der Waals surface area contributed by atoms with E-state index in [-0.39, 0.29) is 18.1 Å². The van der Waals surface area contributed by atoms with Crippen molar-refractivity contribution in [1.29, 1.82) is 0 Å². The Morgan fingerprint density at radius 2 is 2.22 bits per heavy atom. The molecular formula is C13H18ClNO3. The normalized spacial score (nSPS) is 10.3. The van der Waals surface area contributed by atoms with Gasteiger partial charge in [-0.3, -0.25) is 4.79 Å². The topological polar surface area (TPSA) is 49.8 Å². The number of amides is 1. The van der Waals surface area contributed by atoms with E-state index >= 15 is 0 Å². The Morgan fingerprint density at radius 3 is 2.83 bits per heavy atom. The Balaban J connectivity index is 2.60. The maximum Gasteiger partial charge on any atom is 0.227 e. The first-order valence-corrected chi connectivity index (χ1v) is 6.31. The summed E-state index contributed by atoms with van der Waals surface area (Å²) in [5.74, 6) is 0.551. The number of halogens is 1. The number of benzene rings is 1. The molecule has 1 aromatic carbocycles. The molecule has 0 aliphatic heterocycles. The smallest absolute Gasteiger partial charge is 0.227 e. The summed E-state index contributed by atoms with van der Waals surface area (Å²) in [7, 11) is 1.60. The van der Waals surface area contributed by atoms with Crippen molar-refractivity contribution in [3.8, 4) is 5.75 Å². The molecule has 1 rings (SSSR count). The second-order valence-corrected chi connectivity index (χ2v) is 4.29. The quantitative estimate of drug-likeness (QED) is 0.767. The van der Waals surface area contributed by atoms with Gasteiger partial charge in [-0.1, -0.05) is 12.1 Å². The van der Waals surface area contributed by atoms with Gasteiger partial charge in [0.25, 0.3) is 0 Å². The molecule has 0 heterocycles. The van der Waals surface area contributed by atoms with E-state index in [2.05, 4.69) is 0 Å². The van der Waals surface area contributed by atoms with E-state index in [1.54, 1.807) is 30.2 Å². The van der Waals surface area contributed by atoms with Crippen molar-refractivity contribution >= 4 is 17.5 Å². The minimum absolute atomic E-state index is 0.0155. The summed E-state index contributed by atoms with van der Waals surface area (Å²) < 4.78 is 4.96. The van der Waals surface area contributed by atoms with Crippen molar-refractivity contribution in [3.63, 3.8) is 0 Å². The predicted molar refractivity (Wildman–Crippen MR) is 71.0 cm³/mol. The van der Waals surface area contributed by atoms with Crippen LogP contribution < -0.4 is 0 Å². The fourth-order valence-corrected chi connectivity index (χ4v) is 1.82. The molecule has 18 heavy (non-hydrogen) atoms. The molecule has 0 saturated heterocycles. The molecule has 0 aliphatic carbocycles. The number of carbonyl (C=O) groups is 1. The largest absolute Gasteiger partial charge is 0.508 e. The van der Waals surface area contributed by atoms with Crippen LogP contribution in [0.15, 0.2) is 24.3 Å². The lowest BCUT2D eigenvalue weighted by Crippen LogP contribution is -2.36. The van der Waals surface area contributed by atoms with Crippen LogP contribution in [0, 0.1) is 0 Å². The zero-order valence-corrected chi connectivity index (χ0v) is 11.2. The Bertz CT molecular complexity index is 384. The molecule has 1 aromatic rings. The summed E-state index contributed by atoms with van der Waals surface area (Å²) >= 11 is 5.67. The highest BCUT2D eigenvalue weighted by Crippen LogP contribution is 2.12. The summed E-state index contributed by atoms with van der Waals surface area (Å²) in [6.45, 7) is 1.52. The number of aromatic hydroxyl groups is 1. The minimum atomic E-state index is -0.0155. The van der Waals surface area contributed by atoms with E-state index in [0.717, 1.165) is 5.56 Å². The highest BCUT2D eigenvalue weighted by Gasteiger charge is 2.13. The first-order valence-electron chi connectivity index (χ1n) is 5.78. The van der Waals surface area contributed by atoms with Crippen LogP contribution in [0.4, 0.5) is 0 Å². The van der Waals surface area contributed by atoms with E-state index in [0.29, 0.717) is 25.6 Å². The highest BCUT2D eigenvalue weighted by molar-refractivity contribution is 6.18. The van der Waals surface area contributed by atoms with Gasteiger partial charge >= 0.3 is 0 Å². The Kier molecular flexibility index (Phi) is 6.54. The van der Waals surface area contributed by atoms with Gasteiger partial charge in [0.1, 0.15) is 5.75 Å².